The van der Waals surface area contributed by atoms with Gasteiger partial charge in [0, 0.05) is 0 Å². The minimum Gasteiger partial charge on any atom is -0.335 e. The highest BCUT2D eigenvalue weighted by atomic mass is 32.1. The van der Waals surface area contributed by atoms with Crippen LogP contribution in [-0.2, 0) is 4.57 Å². The van der Waals surface area contributed by atoms with Crippen molar-refractivity contribution in [3.05, 3.63) is 0 Å². The normalized spacial score (nSPS) is 14.8. The van der Waals surface area contributed by atoms with Crippen LogP contribution in [0, 0.1) is 0 Å². The third-order valence-corrected chi connectivity index (χ3v) is 0.861. The number of rotatable bonds is 1. The van der Waals surface area contributed by atoms with Crippen molar-refractivity contribution < 1.29 is 9.46 Å². The third-order valence-electron chi connectivity index (χ3n) is 0.0956. The molecule has 0 aromatic carbocycles. The van der Waals surface area contributed by atoms with Gasteiger partial charge in [0.05, 0.1) is 0 Å². The number of thiol groups is 1. The van der Waals surface area contributed by atoms with Crippen molar-refractivity contribution in [3.8, 4) is 0 Å². The molecule has 2 N–H and O–H groups in total. The molecule has 0 rings (SSSR count). The Morgan fingerprint density at radius 3 is 2.20 bits per heavy atom. The van der Waals surface area contributed by atoms with Crippen molar-refractivity contribution in [1.82, 2.24) is 4.49 Å². The van der Waals surface area contributed by atoms with Gasteiger partial charge in [-0.1, -0.05) is 12.8 Å². The first-order valence-corrected chi connectivity index (χ1v) is 2.70. The first kappa shape index (κ1) is 5.50. The Morgan fingerprint density at radius 1 is 2.00 bits per heavy atom. The lowest BCUT2D eigenvalue weighted by Gasteiger charge is -1.78. The summed E-state index contributed by atoms with van der Waals surface area (Å²) in [6.07, 6.45) is 0. The molecule has 5 heavy (non-hydrogen) atoms. The van der Waals surface area contributed by atoms with Crippen LogP contribution in [0.1, 0.15) is 0 Å². The molecular weight excluding hydrogens is 109 g/mol. The van der Waals surface area contributed by atoms with Crippen LogP contribution in [-0.4, -0.2) is 4.89 Å². The van der Waals surface area contributed by atoms with Crippen molar-refractivity contribution in [1.29, 1.82) is 0 Å². The fraction of sp³-hybridized carbons (Fsp3) is 0. The standard InChI is InChI=1S/H4NO2PS/c2-4(3)1-5/h4-5H,(H2,1,2,3). The zero-order valence-electron chi connectivity index (χ0n) is 2.30. The lowest BCUT2D eigenvalue weighted by Crippen LogP contribution is -1.75. The summed E-state index contributed by atoms with van der Waals surface area (Å²) in [6.45, 7) is 0. The van der Waals surface area contributed by atoms with Gasteiger partial charge in [-0.05, 0) is 0 Å². The molecule has 0 heterocycles. The summed E-state index contributed by atoms with van der Waals surface area (Å²) in [4.78, 5) is 7.72. The van der Waals surface area contributed by atoms with Crippen LogP contribution in [0.2, 0.25) is 0 Å². The van der Waals surface area contributed by atoms with E-state index in [4.69, 9.17) is 4.89 Å². The predicted molar refractivity (Wildman–Crippen MR) is 23.3 cm³/mol. The molecule has 1 atom stereocenters. The highest BCUT2D eigenvalue weighted by Gasteiger charge is 1.73. The highest BCUT2D eigenvalue weighted by molar-refractivity contribution is 7.83. The first-order chi connectivity index (χ1) is 2.27. The quantitative estimate of drug-likeness (QED) is 0.326. The molecule has 5 heteroatoms. The van der Waals surface area contributed by atoms with Gasteiger partial charge in [0.2, 0.25) is 0 Å². The van der Waals surface area contributed by atoms with Crippen LogP contribution in [0.4, 0.5) is 0 Å². The monoisotopic (exact) mass is 113 g/mol. The number of hydrogen-bond acceptors (Lipinski definition) is 2. The van der Waals surface area contributed by atoms with Gasteiger partial charge in [-0.2, -0.15) is 4.49 Å². The molecule has 0 aliphatic rings. The molecule has 0 aromatic heterocycles. The van der Waals surface area contributed by atoms with Crippen molar-refractivity contribution in [2.75, 3.05) is 0 Å². The molecule has 0 aromatic rings. The van der Waals surface area contributed by atoms with E-state index in [1.54, 1.807) is 0 Å². The topological polar surface area (TPSA) is 49.3 Å². The van der Waals surface area contributed by atoms with E-state index in [1.807, 2.05) is 4.49 Å². The summed E-state index contributed by atoms with van der Waals surface area (Å²) >= 11 is 3.25. The molecule has 0 saturated carbocycles. The fourth-order valence-corrected chi connectivity index (χ4v) is 0. The lowest BCUT2D eigenvalue weighted by molar-refractivity contribution is 0.501. The maximum atomic E-state index is 9.37. The summed E-state index contributed by atoms with van der Waals surface area (Å²) in [6, 6.07) is 0. The van der Waals surface area contributed by atoms with Gasteiger partial charge in [0.25, 0.3) is 8.18 Å². The summed E-state index contributed by atoms with van der Waals surface area (Å²) in [7, 11) is -2.51. The minimum atomic E-state index is -2.51. The molecule has 32 valence electrons. The Morgan fingerprint density at radius 2 is 2.20 bits per heavy atom. The largest absolute Gasteiger partial charge is 0.335 e. The molecule has 0 aliphatic carbocycles. The molecule has 0 saturated heterocycles. The van der Waals surface area contributed by atoms with E-state index >= 15 is 0 Å². The van der Waals surface area contributed by atoms with Gasteiger partial charge in [0.1, 0.15) is 0 Å². The van der Waals surface area contributed by atoms with Gasteiger partial charge < -0.3 is 4.89 Å². The maximum Gasteiger partial charge on any atom is 0.264 e. The van der Waals surface area contributed by atoms with E-state index in [0.29, 0.717) is 0 Å². The van der Waals surface area contributed by atoms with Crippen molar-refractivity contribution in [3.63, 3.8) is 0 Å². The van der Waals surface area contributed by atoms with E-state index in [2.05, 4.69) is 12.8 Å². The van der Waals surface area contributed by atoms with Crippen LogP contribution in [0.5, 0.6) is 0 Å². The second kappa shape index (κ2) is 2.72. The van der Waals surface area contributed by atoms with Gasteiger partial charge in [0.15, 0.2) is 0 Å². The van der Waals surface area contributed by atoms with E-state index in [9.17, 15) is 4.57 Å². The Bertz CT molecular complexity index is 44.9. The molecule has 0 aliphatic heterocycles. The molecular formula is H4NO2PS. The SMILES string of the molecule is O=[PH](O)NS. The third kappa shape index (κ3) is 4.50. The van der Waals surface area contributed by atoms with Crippen LogP contribution in [0.15, 0.2) is 0 Å². The molecule has 0 radical (unpaired) electrons. The minimum absolute atomic E-state index is 1.82. The second-order valence-electron chi connectivity index (χ2n) is 0.417. The summed E-state index contributed by atoms with van der Waals surface area (Å²) in [5.74, 6) is 0. The Kier molecular flexibility index (Phi) is 2.99. The van der Waals surface area contributed by atoms with Gasteiger partial charge in [-0.25, -0.2) is 0 Å². The summed E-state index contributed by atoms with van der Waals surface area (Å²) in [5, 5.41) is 0. The summed E-state index contributed by atoms with van der Waals surface area (Å²) in [5.41, 5.74) is 0. The van der Waals surface area contributed by atoms with Gasteiger partial charge >= 0.3 is 0 Å². The average molecular weight is 113 g/mol. The van der Waals surface area contributed by atoms with Crippen molar-refractivity contribution in [2.45, 2.75) is 0 Å². The molecule has 3 nitrogen and oxygen atoms in total. The number of hydrogen-bond donors (Lipinski definition) is 3. The molecule has 0 fully saturated rings. The van der Waals surface area contributed by atoms with E-state index < -0.39 is 8.18 Å². The van der Waals surface area contributed by atoms with Crippen LogP contribution >= 0.6 is 21.0 Å². The zero-order valence-corrected chi connectivity index (χ0v) is 4.20. The highest BCUT2D eigenvalue weighted by Crippen LogP contribution is 2.03. The van der Waals surface area contributed by atoms with E-state index in [-0.39, 0.29) is 0 Å². The zero-order chi connectivity index (χ0) is 4.28. The molecule has 0 amide bonds. The van der Waals surface area contributed by atoms with Crippen LogP contribution in [0.25, 0.3) is 0 Å². The fourth-order valence-electron chi connectivity index (χ4n) is 0. The summed E-state index contributed by atoms with van der Waals surface area (Å²) < 4.78 is 11.2. The Labute approximate surface area is 35.9 Å². The average Bonchev–Trinajstić information content (AvgIpc) is 1.38. The van der Waals surface area contributed by atoms with Gasteiger partial charge in [-0.15, -0.1) is 0 Å². The molecule has 1 unspecified atom stereocenters. The Hall–Kier alpha value is 0.500. The first-order valence-electron chi connectivity index (χ1n) is 0.901. The van der Waals surface area contributed by atoms with Crippen molar-refractivity contribution >= 4 is 21.0 Å². The maximum absolute atomic E-state index is 9.37. The van der Waals surface area contributed by atoms with Crippen LogP contribution in [0.3, 0.4) is 0 Å². The van der Waals surface area contributed by atoms with E-state index in [1.165, 1.54) is 0 Å². The van der Waals surface area contributed by atoms with Gasteiger partial charge in [-0.3, -0.25) is 4.57 Å². The lowest BCUT2D eigenvalue weighted by atomic mass is 13.9. The van der Waals surface area contributed by atoms with Crippen LogP contribution < -0.4 is 4.49 Å². The number of nitrogens with one attached hydrogen (secondary N) is 1. The van der Waals surface area contributed by atoms with Crippen molar-refractivity contribution in [2.24, 2.45) is 0 Å². The smallest absolute Gasteiger partial charge is 0.264 e. The predicted octanol–water partition coefficient (Wildman–Crippen LogP) is -0.197. The Balaban J connectivity index is 2.85. The van der Waals surface area contributed by atoms with E-state index in [0.717, 1.165) is 0 Å². The molecule has 0 spiro atoms. The second-order valence-corrected chi connectivity index (χ2v) is 1.92. The molecule has 0 bridgehead atoms.